The van der Waals surface area contributed by atoms with Gasteiger partial charge < -0.3 is 10.2 Å². The molecule has 1 heterocycles. The number of carbonyl (C=O) groups is 1. The number of nitrogens with zero attached hydrogens (tertiary/aromatic N) is 2. The lowest BCUT2D eigenvalue weighted by atomic mass is 10.1. The Bertz CT molecular complexity index is 1660. The molecule has 41 heavy (non-hydrogen) atoms. The van der Waals surface area contributed by atoms with E-state index in [0.29, 0.717) is 16.9 Å². The maximum atomic E-state index is 14.6. The van der Waals surface area contributed by atoms with E-state index in [1.807, 2.05) is 0 Å². The van der Waals surface area contributed by atoms with Crippen molar-refractivity contribution in [2.45, 2.75) is 12.7 Å². The minimum atomic E-state index is -4.67. The first-order chi connectivity index (χ1) is 19.4. The highest BCUT2D eigenvalue weighted by atomic mass is 32.2. The van der Waals surface area contributed by atoms with Crippen LogP contribution in [0.25, 0.3) is 6.08 Å². The van der Waals surface area contributed by atoms with Gasteiger partial charge in [-0.05, 0) is 60.2 Å². The molecule has 0 atom stereocenters. The molecule has 0 bridgehead atoms. The highest BCUT2D eigenvalue weighted by molar-refractivity contribution is 7.92. The van der Waals surface area contributed by atoms with Crippen molar-refractivity contribution in [1.82, 2.24) is 4.98 Å². The van der Waals surface area contributed by atoms with E-state index in [-0.39, 0.29) is 23.6 Å². The van der Waals surface area contributed by atoms with Crippen LogP contribution in [0, 0.1) is 5.82 Å². The van der Waals surface area contributed by atoms with Crippen molar-refractivity contribution in [2.24, 2.45) is 0 Å². The minimum absolute atomic E-state index is 0.0797. The van der Waals surface area contributed by atoms with Gasteiger partial charge in [-0.15, -0.1) is 0 Å². The van der Waals surface area contributed by atoms with Gasteiger partial charge in [0.25, 0.3) is 5.91 Å². The smallest absolute Gasteiger partial charge is 0.340 e. The summed E-state index contributed by atoms with van der Waals surface area (Å²) in [7, 11) is -3.70. The van der Waals surface area contributed by atoms with Gasteiger partial charge in [-0.1, -0.05) is 42.5 Å². The van der Waals surface area contributed by atoms with E-state index in [0.717, 1.165) is 18.4 Å². The third kappa shape index (κ3) is 8.15. The van der Waals surface area contributed by atoms with Crippen molar-refractivity contribution in [3.05, 3.63) is 120 Å². The number of anilines is 4. The molecule has 2 N–H and O–H groups in total. The molecule has 12 heteroatoms. The number of hydrogen-bond donors (Lipinski definition) is 2. The predicted octanol–water partition coefficient (Wildman–Crippen LogP) is 6.60. The van der Waals surface area contributed by atoms with Crippen molar-refractivity contribution in [2.75, 3.05) is 21.2 Å². The number of halogens is 4. The van der Waals surface area contributed by atoms with Crippen molar-refractivity contribution in [1.29, 1.82) is 0 Å². The van der Waals surface area contributed by atoms with Crippen LogP contribution in [0.2, 0.25) is 0 Å². The van der Waals surface area contributed by atoms with Crippen molar-refractivity contribution in [3.63, 3.8) is 0 Å². The standard InChI is InChI=1S/C29H24F4N4O3S/c1-41(39,40)36-25-15-12-20(18-24(25)30)19-37(23-10-6-3-7-11-23)27(38)17-14-21-13-16-26(29(31,32)33)35-28(21)34-22-8-4-2-5-9-22/h2-18,36H,19H2,1H3,(H,34,35). The average Bonchev–Trinajstić information content (AvgIpc) is 2.92. The molecule has 4 aromatic rings. The van der Waals surface area contributed by atoms with Crippen LogP contribution in [0.4, 0.5) is 40.4 Å². The molecule has 1 aromatic heterocycles. The van der Waals surface area contributed by atoms with E-state index in [1.54, 1.807) is 60.7 Å². The highest BCUT2D eigenvalue weighted by Gasteiger charge is 2.33. The third-order valence-corrected chi connectivity index (χ3v) is 6.25. The van der Waals surface area contributed by atoms with E-state index in [2.05, 4.69) is 15.0 Å². The molecule has 0 spiro atoms. The maximum absolute atomic E-state index is 14.6. The number of alkyl halides is 3. The molecule has 0 aliphatic rings. The Balaban J connectivity index is 1.64. The zero-order valence-electron chi connectivity index (χ0n) is 21.6. The number of para-hydroxylation sites is 2. The van der Waals surface area contributed by atoms with Gasteiger partial charge in [0.2, 0.25) is 10.0 Å². The lowest BCUT2D eigenvalue weighted by molar-refractivity contribution is -0.141. The topological polar surface area (TPSA) is 91.4 Å². The number of aromatic nitrogens is 1. The van der Waals surface area contributed by atoms with Crippen LogP contribution in [0.15, 0.2) is 97.1 Å². The Morgan fingerprint density at radius 2 is 1.61 bits per heavy atom. The Morgan fingerprint density at radius 1 is 0.951 bits per heavy atom. The molecule has 4 rings (SSSR count). The second-order valence-corrected chi connectivity index (χ2v) is 10.7. The summed E-state index contributed by atoms with van der Waals surface area (Å²) in [6.07, 6.45) is -1.24. The Kier molecular flexibility index (Phi) is 8.72. The fourth-order valence-corrected chi connectivity index (χ4v) is 4.36. The summed E-state index contributed by atoms with van der Waals surface area (Å²) in [5.41, 5.74) is 0.250. The van der Waals surface area contributed by atoms with Crippen molar-refractivity contribution >= 4 is 44.9 Å². The molecule has 0 aliphatic carbocycles. The van der Waals surface area contributed by atoms with Gasteiger partial charge in [0.1, 0.15) is 17.3 Å². The number of hydrogen-bond acceptors (Lipinski definition) is 5. The first-order valence-corrected chi connectivity index (χ1v) is 14.0. The van der Waals surface area contributed by atoms with Gasteiger partial charge in [0.05, 0.1) is 18.5 Å². The first-order valence-electron chi connectivity index (χ1n) is 12.1. The van der Waals surface area contributed by atoms with E-state index >= 15 is 0 Å². The molecule has 0 aliphatic heterocycles. The summed E-state index contributed by atoms with van der Waals surface area (Å²) in [4.78, 5) is 18.5. The van der Waals surface area contributed by atoms with E-state index in [4.69, 9.17) is 0 Å². The molecular weight excluding hydrogens is 560 g/mol. The number of carbonyl (C=O) groups excluding carboxylic acids is 1. The summed E-state index contributed by atoms with van der Waals surface area (Å²) in [5.74, 6) is -1.46. The number of sulfonamides is 1. The van der Waals surface area contributed by atoms with E-state index in [1.165, 1.54) is 35.3 Å². The first kappa shape index (κ1) is 29.3. The van der Waals surface area contributed by atoms with Crippen LogP contribution < -0.4 is 14.9 Å². The molecule has 0 fully saturated rings. The van der Waals surface area contributed by atoms with E-state index in [9.17, 15) is 30.8 Å². The van der Waals surface area contributed by atoms with Crippen LogP contribution in [-0.2, 0) is 27.5 Å². The molecular formula is C29H24F4N4O3S. The molecule has 0 saturated heterocycles. The SMILES string of the molecule is CS(=O)(=O)Nc1ccc(CN(C(=O)C=Cc2ccc(C(F)(F)F)nc2Nc2ccccc2)c2ccccc2)cc1F. The maximum Gasteiger partial charge on any atom is 0.433 e. The van der Waals surface area contributed by atoms with Gasteiger partial charge in [0, 0.05) is 23.0 Å². The summed E-state index contributed by atoms with van der Waals surface area (Å²) in [6.45, 7) is -0.0797. The Labute approximate surface area is 234 Å². The lowest BCUT2D eigenvalue weighted by Gasteiger charge is -2.22. The molecule has 7 nitrogen and oxygen atoms in total. The number of benzene rings is 3. The largest absolute Gasteiger partial charge is 0.433 e. The van der Waals surface area contributed by atoms with Crippen molar-refractivity contribution in [3.8, 4) is 0 Å². The minimum Gasteiger partial charge on any atom is -0.340 e. The Hall–Kier alpha value is -4.71. The van der Waals surface area contributed by atoms with Gasteiger partial charge in [-0.25, -0.2) is 17.8 Å². The summed E-state index contributed by atoms with van der Waals surface area (Å²) in [6, 6.07) is 22.9. The van der Waals surface area contributed by atoms with Crippen LogP contribution in [0.5, 0.6) is 0 Å². The van der Waals surface area contributed by atoms with Crippen LogP contribution >= 0.6 is 0 Å². The van der Waals surface area contributed by atoms with Crippen LogP contribution in [-0.4, -0.2) is 25.6 Å². The second kappa shape index (κ2) is 12.2. The fraction of sp³-hybridized carbons (Fsp3) is 0.103. The van der Waals surface area contributed by atoms with Crippen LogP contribution in [0.1, 0.15) is 16.8 Å². The summed E-state index contributed by atoms with van der Waals surface area (Å²) in [5, 5.41) is 2.86. The molecule has 3 aromatic carbocycles. The third-order valence-electron chi connectivity index (χ3n) is 5.66. The molecule has 0 saturated carbocycles. The number of rotatable bonds is 9. The lowest BCUT2D eigenvalue weighted by Crippen LogP contribution is -2.28. The second-order valence-electron chi connectivity index (χ2n) is 8.90. The quantitative estimate of drug-likeness (QED) is 0.171. The number of pyridine rings is 1. The van der Waals surface area contributed by atoms with Gasteiger partial charge >= 0.3 is 6.18 Å². The molecule has 0 radical (unpaired) electrons. The Morgan fingerprint density at radius 3 is 2.22 bits per heavy atom. The normalized spacial score (nSPS) is 11.8. The number of amides is 1. The van der Waals surface area contributed by atoms with Gasteiger partial charge in [-0.2, -0.15) is 13.2 Å². The van der Waals surface area contributed by atoms with E-state index < -0.39 is 33.6 Å². The predicted molar refractivity (Wildman–Crippen MR) is 150 cm³/mol. The summed E-state index contributed by atoms with van der Waals surface area (Å²) >= 11 is 0. The molecule has 212 valence electrons. The summed E-state index contributed by atoms with van der Waals surface area (Å²) < 4.78 is 79.7. The molecule has 0 unspecified atom stereocenters. The van der Waals surface area contributed by atoms with Gasteiger partial charge in [-0.3, -0.25) is 9.52 Å². The number of nitrogens with one attached hydrogen (secondary N) is 2. The average molecular weight is 585 g/mol. The zero-order valence-corrected chi connectivity index (χ0v) is 22.4. The zero-order chi connectivity index (χ0) is 29.6. The highest BCUT2D eigenvalue weighted by Crippen LogP contribution is 2.31. The van der Waals surface area contributed by atoms with Gasteiger partial charge in [0.15, 0.2) is 0 Å². The van der Waals surface area contributed by atoms with Crippen LogP contribution in [0.3, 0.4) is 0 Å². The molecule has 1 amide bonds. The monoisotopic (exact) mass is 584 g/mol. The fourth-order valence-electron chi connectivity index (χ4n) is 3.80. The van der Waals surface area contributed by atoms with Crippen molar-refractivity contribution < 1.29 is 30.8 Å².